The van der Waals surface area contributed by atoms with E-state index in [1.165, 1.54) is 18.3 Å². The Bertz CT molecular complexity index is 499. The minimum Gasteiger partial charge on any atom is -0.395 e. The molecular weight excluding hydrogens is 273 g/mol. The number of benzene rings is 1. The normalized spacial score (nSPS) is 16.4. The number of nitrogens with zero attached hydrogens (tertiary/aromatic N) is 2. The smallest absolute Gasteiger partial charge is 0.321 e. The molecule has 1 aromatic rings. The summed E-state index contributed by atoms with van der Waals surface area (Å²) >= 11 is 0. The largest absolute Gasteiger partial charge is 0.395 e. The minimum atomic E-state index is -0.302. The summed E-state index contributed by atoms with van der Waals surface area (Å²) in [6.07, 6.45) is 3.18. The van der Waals surface area contributed by atoms with E-state index in [2.05, 4.69) is 10.2 Å². The van der Waals surface area contributed by atoms with Gasteiger partial charge in [-0.15, -0.1) is 0 Å². The highest BCUT2D eigenvalue weighted by atomic mass is 19.1. The molecule has 0 bridgehead atoms. The topological polar surface area (TPSA) is 55.8 Å². The fourth-order valence-corrected chi connectivity index (χ4v) is 2.23. The van der Waals surface area contributed by atoms with E-state index in [1.54, 1.807) is 23.1 Å². The molecule has 114 valence electrons. The molecule has 5 nitrogen and oxygen atoms in total. The van der Waals surface area contributed by atoms with Crippen LogP contribution in [0.25, 0.3) is 6.08 Å². The van der Waals surface area contributed by atoms with Crippen molar-refractivity contribution in [2.45, 2.75) is 0 Å². The lowest BCUT2D eigenvalue weighted by atomic mass is 10.2. The monoisotopic (exact) mass is 293 g/mol. The maximum Gasteiger partial charge on any atom is 0.321 e. The summed E-state index contributed by atoms with van der Waals surface area (Å²) in [5, 5.41) is 11.6. The number of β-amino-alcohol motifs (C(OH)–C–C–N with tert-alkyl or cyclic N) is 1. The zero-order valence-electron chi connectivity index (χ0n) is 11.8. The van der Waals surface area contributed by atoms with E-state index in [1.807, 2.05) is 0 Å². The molecule has 1 aliphatic rings. The van der Waals surface area contributed by atoms with Gasteiger partial charge in [-0.3, -0.25) is 4.90 Å². The van der Waals surface area contributed by atoms with Crippen LogP contribution in [0.4, 0.5) is 9.18 Å². The Hall–Kier alpha value is -1.92. The second kappa shape index (κ2) is 7.75. The number of amides is 2. The number of aliphatic hydroxyl groups excluding tert-OH is 1. The molecule has 1 saturated heterocycles. The highest BCUT2D eigenvalue weighted by molar-refractivity contribution is 5.76. The van der Waals surface area contributed by atoms with Crippen molar-refractivity contribution in [2.24, 2.45) is 0 Å². The average molecular weight is 293 g/mol. The molecule has 0 aliphatic carbocycles. The van der Waals surface area contributed by atoms with Gasteiger partial charge in [0.25, 0.3) is 0 Å². The van der Waals surface area contributed by atoms with Crippen LogP contribution in [0.3, 0.4) is 0 Å². The van der Waals surface area contributed by atoms with Crippen molar-refractivity contribution in [2.75, 3.05) is 39.3 Å². The zero-order valence-corrected chi connectivity index (χ0v) is 11.8. The first-order valence-corrected chi connectivity index (χ1v) is 7.00. The number of nitrogens with one attached hydrogen (secondary N) is 1. The van der Waals surface area contributed by atoms with Gasteiger partial charge in [-0.2, -0.15) is 0 Å². The van der Waals surface area contributed by atoms with Gasteiger partial charge >= 0.3 is 6.03 Å². The minimum absolute atomic E-state index is 0.141. The molecule has 0 spiro atoms. The van der Waals surface area contributed by atoms with E-state index in [-0.39, 0.29) is 18.5 Å². The van der Waals surface area contributed by atoms with Crippen molar-refractivity contribution < 1.29 is 14.3 Å². The zero-order chi connectivity index (χ0) is 15.1. The second-order valence-electron chi connectivity index (χ2n) is 4.89. The molecule has 21 heavy (non-hydrogen) atoms. The fourth-order valence-electron chi connectivity index (χ4n) is 2.23. The second-order valence-corrected chi connectivity index (χ2v) is 4.89. The van der Waals surface area contributed by atoms with Crippen molar-refractivity contribution >= 4 is 12.1 Å². The number of hydrogen-bond acceptors (Lipinski definition) is 3. The van der Waals surface area contributed by atoms with Crippen molar-refractivity contribution in [3.05, 3.63) is 41.8 Å². The Morgan fingerprint density at radius 1 is 1.33 bits per heavy atom. The standard InChI is InChI=1S/C15H20FN3O2/c16-14-3-1-2-13(12-14)4-5-17-15(21)19-8-6-18(7-9-19)10-11-20/h1-5,12,20H,6-11H2,(H,17,21)/b5-4+. The van der Waals surface area contributed by atoms with Gasteiger partial charge in [-0.1, -0.05) is 12.1 Å². The summed E-state index contributed by atoms with van der Waals surface area (Å²) in [4.78, 5) is 15.8. The first kappa shape index (κ1) is 15.5. The molecule has 1 aromatic carbocycles. The van der Waals surface area contributed by atoms with E-state index >= 15 is 0 Å². The SMILES string of the molecule is O=C(N/C=C/c1cccc(F)c1)N1CCN(CCO)CC1. The molecule has 2 amide bonds. The Kier molecular flexibility index (Phi) is 5.71. The third-order valence-electron chi connectivity index (χ3n) is 3.41. The molecule has 2 N–H and O–H groups in total. The molecule has 1 heterocycles. The van der Waals surface area contributed by atoms with E-state index in [0.717, 1.165) is 13.1 Å². The highest BCUT2D eigenvalue weighted by Gasteiger charge is 2.19. The number of halogens is 1. The predicted octanol–water partition coefficient (Wildman–Crippen LogP) is 1.12. The van der Waals surface area contributed by atoms with Crippen molar-refractivity contribution in [1.82, 2.24) is 15.1 Å². The predicted molar refractivity (Wildman–Crippen MR) is 79.1 cm³/mol. The Balaban J connectivity index is 1.77. The fraction of sp³-hybridized carbons (Fsp3) is 0.400. The summed E-state index contributed by atoms with van der Waals surface area (Å²) in [6.45, 7) is 3.60. The van der Waals surface area contributed by atoms with Crippen molar-refractivity contribution in [3.63, 3.8) is 0 Å². The molecule has 0 atom stereocenters. The van der Waals surface area contributed by atoms with Gasteiger partial charge < -0.3 is 15.3 Å². The maximum atomic E-state index is 13.0. The molecule has 6 heteroatoms. The van der Waals surface area contributed by atoms with Crippen LogP contribution in [0.2, 0.25) is 0 Å². The van der Waals surface area contributed by atoms with Gasteiger partial charge in [0.1, 0.15) is 5.82 Å². The molecular formula is C15H20FN3O2. The van der Waals surface area contributed by atoms with Crippen LogP contribution in [0.5, 0.6) is 0 Å². The lowest BCUT2D eigenvalue weighted by Crippen LogP contribution is -2.51. The maximum absolute atomic E-state index is 13.0. The third kappa shape index (κ3) is 4.84. The van der Waals surface area contributed by atoms with Gasteiger partial charge in [0, 0.05) is 38.9 Å². The molecule has 1 fully saturated rings. The molecule has 0 saturated carbocycles. The molecule has 0 radical (unpaired) electrons. The number of carbonyl (C=O) groups excluding carboxylic acids is 1. The number of rotatable bonds is 4. The lowest BCUT2D eigenvalue weighted by molar-refractivity contribution is 0.123. The molecule has 2 rings (SSSR count). The summed E-state index contributed by atoms with van der Waals surface area (Å²) in [6, 6.07) is 6.00. The van der Waals surface area contributed by atoms with Gasteiger partial charge in [0.15, 0.2) is 0 Å². The van der Waals surface area contributed by atoms with Crippen LogP contribution in [0.1, 0.15) is 5.56 Å². The van der Waals surface area contributed by atoms with E-state index in [4.69, 9.17) is 5.11 Å². The Morgan fingerprint density at radius 3 is 2.76 bits per heavy atom. The van der Waals surface area contributed by atoms with Crippen LogP contribution in [-0.4, -0.2) is 60.3 Å². The van der Waals surface area contributed by atoms with Crippen LogP contribution >= 0.6 is 0 Å². The lowest BCUT2D eigenvalue weighted by Gasteiger charge is -2.33. The molecule has 0 aromatic heterocycles. The summed E-state index contributed by atoms with van der Waals surface area (Å²) in [5.74, 6) is -0.302. The van der Waals surface area contributed by atoms with E-state index in [9.17, 15) is 9.18 Å². The first-order valence-electron chi connectivity index (χ1n) is 7.00. The Labute approximate surface area is 123 Å². The van der Waals surface area contributed by atoms with Crippen LogP contribution in [-0.2, 0) is 0 Å². The number of carbonyl (C=O) groups is 1. The first-order chi connectivity index (χ1) is 10.2. The highest BCUT2D eigenvalue weighted by Crippen LogP contribution is 2.05. The molecule has 0 unspecified atom stereocenters. The summed E-state index contributed by atoms with van der Waals surface area (Å²) in [7, 11) is 0. The average Bonchev–Trinajstić information content (AvgIpc) is 2.48. The summed E-state index contributed by atoms with van der Waals surface area (Å²) < 4.78 is 13.0. The number of hydrogen-bond donors (Lipinski definition) is 2. The molecule has 1 aliphatic heterocycles. The van der Waals surface area contributed by atoms with Gasteiger partial charge in [-0.05, 0) is 23.8 Å². The summed E-state index contributed by atoms with van der Waals surface area (Å²) in [5.41, 5.74) is 0.697. The van der Waals surface area contributed by atoms with E-state index < -0.39 is 0 Å². The number of piperazine rings is 1. The van der Waals surface area contributed by atoms with Crippen molar-refractivity contribution in [3.8, 4) is 0 Å². The number of urea groups is 1. The third-order valence-corrected chi connectivity index (χ3v) is 3.41. The van der Waals surface area contributed by atoms with Gasteiger partial charge in [0.05, 0.1) is 6.61 Å². The van der Waals surface area contributed by atoms with Gasteiger partial charge in [0.2, 0.25) is 0 Å². The van der Waals surface area contributed by atoms with Crippen LogP contribution in [0.15, 0.2) is 30.5 Å². The Morgan fingerprint density at radius 2 is 2.10 bits per heavy atom. The van der Waals surface area contributed by atoms with Crippen LogP contribution in [0, 0.1) is 5.82 Å². The van der Waals surface area contributed by atoms with Gasteiger partial charge in [-0.25, -0.2) is 9.18 Å². The van der Waals surface area contributed by atoms with E-state index in [0.29, 0.717) is 25.2 Å². The van der Waals surface area contributed by atoms with Crippen molar-refractivity contribution in [1.29, 1.82) is 0 Å². The van der Waals surface area contributed by atoms with Crippen LogP contribution < -0.4 is 5.32 Å². The quantitative estimate of drug-likeness (QED) is 0.874. The number of aliphatic hydroxyl groups is 1.